The van der Waals surface area contributed by atoms with Crippen molar-refractivity contribution in [2.75, 3.05) is 5.32 Å². The summed E-state index contributed by atoms with van der Waals surface area (Å²) in [7, 11) is 1.73. The molecule has 0 saturated heterocycles. The smallest absolute Gasteiger partial charge is 0.275 e. The number of hydrogen-bond donors (Lipinski definition) is 1. The Morgan fingerprint density at radius 3 is 2.86 bits per heavy atom. The molecule has 3 aromatic rings. The van der Waals surface area contributed by atoms with E-state index < -0.39 is 0 Å². The molecule has 0 atom stereocenters. The topological polar surface area (TPSA) is 64.7 Å². The largest absolute Gasteiger partial charge is 0.304 e. The van der Waals surface area contributed by atoms with Crippen LogP contribution in [0.4, 0.5) is 5.82 Å². The lowest BCUT2D eigenvalue weighted by Crippen LogP contribution is -2.16. The number of carbonyl (C=O) groups excluding carboxylic acids is 1. The normalized spacial score (nSPS) is 10.6. The van der Waals surface area contributed by atoms with Gasteiger partial charge in [0.25, 0.3) is 5.91 Å². The van der Waals surface area contributed by atoms with Crippen molar-refractivity contribution in [3.05, 3.63) is 65.6 Å². The van der Waals surface area contributed by atoms with Crippen molar-refractivity contribution < 1.29 is 4.79 Å². The van der Waals surface area contributed by atoms with Gasteiger partial charge in [-0.15, -0.1) is 0 Å². The first kappa shape index (κ1) is 14.1. The molecule has 0 spiro atoms. The third-order valence-corrected chi connectivity index (χ3v) is 3.36. The summed E-state index contributed by atoms with van der Waals surface area (Å²) in [6, 6.07) is 11.7. The summed E-state index contributed by atoms with van der Waals surface area (Å²) in [5.74, 6) is 0.305. The number of anilines is 1. The molecule has 0 aliphatic rings. The van der Waals surface area contributed by atoms with Gasteiger partial charge in [0.2, 0.25) is 0 Å². The number of hydrogen-bond acceptors (Lipinski definition) is 3. The maximum atomic E-state index is 12.1. The van der Waals surface area contributed by atoms with E-state index in [1.54, 1.807) is 30.1 Å². The molecule has 0 aliphatic heterocycles. The molecule has 0 radical (unpaired) electrons. The van der Waals surface area contributed by atoms with Gasteiger partial charge in [-0.05, 0) is 18.6 Å². The number of nitrogens with zero attached hydrogens (tertiary/aromatic N) is 4. The van der Waals surface area contributed by atoms with Gasteiger partial charge in [0.15, 0.2) is 5.82 Å². The van der Waals surface area contributed by atoms with Crippen LogP contribution in [0.5, 0.6) is 0 Å². The van der Waals surface area contributed by atoms with E-state index in [9.17, 15) is 4.79 Å². The first-order valence-electron chi connectivity index (χ1n) is 7.00. The van der Waals surface area contributed by atoms with E-state index in [1.165, 1.54) is 15.8 Å². The Labute approximate surface area is 128 Å². The van der Waals surface area contributed by atoms with Gasteiger partial charge < -0.3 is 5.32 Å². The van der Waals surface area contributed by atoms with Gasteiger partial charge >= 0.3 is 0 Å². The van der Waals surface area contributed by atoms with Gasteiger partial charge in [-0.3, -0.25) is 14.2 Å². The standard InChI is InChI=1S/C16H17N5O/c1-12-4-3-5-13(10-12)11-21-9-7-15(19-21)18-16(22)14-6-8-17-20(14)2/h3-10H,11H2,1-2H3,(H,18,19,22). The summed E-state index contributed by atoms with van der Waals surface area (Å²) in [5, 5.41) is 11.1. The number of rotatable bonds is 4. The maximum Gasteiger partial charge on any atom is 0.275 e. The van der Waals surface area contributed by atoms with Crippen molar-refractivity contribution in [1.29, 1.82) is 0 Å². The van der Waals surface area contributed by atoms with E-state index in [1.807, 2.05) is 12.3 Å². The number of aromatic nitrogens is 4. The lowest BCUT2D eigenvalue weighted by atomic mass is 10.1. The van der Waals surface area contributed by atoms with Crippen LogP contribution >= 0.6 is 0 Å². The van der Waals surface area contributed by atoms with E-state index in [2.05, 4.69) is 40.6 Å². The monoisotopic (exact) mass is 295 g/mol. The molecule has 6 heteroatoms. The minimum absolute atomic E-state index is 0.221. The molecule has 22 heavy (non-hydrogen) atoms. The van der Waals surface area contributed by atoms with Gasteiger partial charge in [0.1, 0.15) is 5.69 Å². The number of aryl methyl sites for hydroxylation is 2. The van der Waals surface area contributed by atoms with E-state index in [0.29, 0.717) is 18.1 Å². The Bertz CT molecular complexity index is 802. The van der Waals surface area contributed by atoms with Crippen LogP contribution < -0.4 is 5.32 Å². The predicted octanol–water partition coefficient (Wildman–Crippen LogP) is 2.23. The molecule has 1 aromatic carbocycles. The fourth-order valence-electron chi connectivity index (χ4n) is 2.29. The molecule has 1 amide bonds. The minimum Gasteiger partial charge on any atom is -0.304 e. The number of nitrogens with one attached hydrogen (secondary N) is 1. The fraction of sp³-hybridized carbons (Fsp3) is 0.188. The van der Waals surface area contributed by atoms with Crippen molar-refractivity contribution in [2.45, 2.75) is 13.5 Å². The molecule has 0 bridgehead atoms. The zero-order chi connectivity index (χ0) is 15.5. The Balaban J connectivity index is 1.69. The predicted molar refractivity (Wildman–Crippen MR) is 83.7 cm³/mol. The highest BCUT2D eigenvalue weighted by atomic mass is 16.2. The van der Waals surface area contributed by atoms with Gasteiger partial charge in [-0.1, -0.05) is 29.8 Å². The summed E-state index contributed by atoms with van der Waals surface area (Å²) in [6.07, 6.45) is 3.44. The molecule has 1 N–H and O–H groups in total. The number of amides is 1. The molecule has 0 unspecified atom stereocenters. The SMILES string of the molecule is Cc1cccc(Cn2ccc(NC(=O)c3ccnn3C)n2)c1. The highest BCUT2D eigenvalue weighted by Crippen LogP contribution is 2.09. The number of benzene rings is 1. The quantitative estimate of drug-likeness (QED) is 0.802. The second-order valence-corrected chi connectivity index (χ2v) is 5.18. The highest BCUT2D eigenvalue weighted by Gasteiger charge is 2.11. The lowest BCUT2D eigenvalue weighted by Gasteiger charge is -2.04. The fourth-order valence-corrected chi connectivity index (χ4v) is 2.29. The summed E-state index contributed by atoms with van der Waals surface area (Å²) in [6.45, 7) is 2.73. The van der Waals surface area contributed by atoms with E-state index in [0.717, 1.165) is 0 Å². The summed E-state index contributed by atoms with van der Waals surface area (Å²) in [4.78, 5) is 12.1. The average Bonchev–Trinajstić information content (AvgIpc) is 3.08. The van der Waals surface area contributed by atoms with Gasteiger partial charge in [0.05, 0.1) is 6.54 Å². The first-order valence-corrected chi connectivity index (χ1v) is 7.00. The van der Waals surface area contributed by atoms with Crippen molar-refractivity contribution in [3.8, 4) is 0 Å². The van der Waals surface area contributed by atoms with Crippen LogP contribution in [-0.2, 0) is 13.6 Å². The second-order valence-electron chi connectivity index (χ2n) is 5.18. The van der Waals surface area contributed by atoms with Crippen LogP contribution in [0.3, 0.4) is 0 Å². The van der Waals surface area contributed by atoms with Crippen LogP contribution in [0.2, 0.25) is 0 Å². The van der Waals surface area contributed by atoms with E-state index in [4.69, 9.17) is 0 Å². The molecule has 0 fully saturated rings. The van der Waals surface area contributed by atoms with Crippen molar-refractivity contribution >= 4 is 11.7 Å². The van der Waals surface area contributed by atoms with Gasteiger partial charge in [0, 0.05) is 25.5 Å². The van der Waals surface area contributed by atoms with Crippen LogP contribution in [-0.4, -0.2) is 25.5 Å². The highest BCUT2D eigenvalue weighted by molar-refractivity contribution is 6.02. The van der Waals surface area contributed by atoms with Crippen LogP contribution in [0, 0.1) is 6.92 Å². The van der Waals surface area contributed by atoms with Crippen molar-refractivity contribution in [1.82, 2.24) is 19.6 Å². The lowest BCUT2D eigenvalue weighted by molar-refractivity contribution is 0.101. The average molecular weight is 295 g/mol. The molecular weight excluding hydrogens is 278 g/mol. The second kappa shape index (κ2) is 5.85. The molecule has 0 aliphatic carbocycles. The van der Waals surface area contributed by atoms with Crippen LogP contribution in [0.25, 0.3) is 0 Å². The zero-order valence-corrected chi connectivity index (χ0v) is 12.5. The molecule has 112 valence electrons. The number of carbonyl (C=O) groups is 1. The van der Waals surface area contributed by atoms with E-state index in [-0.39, 0.29) is 5.91 Å². The molecular formula is C16H17N5O. The summed E-state index contributed by atoms with van der Waals surface area (Å²) >= 11 is 0. The third kappa shape index (κ3) is 3.06. The van der Waals surface area contributed by atoms with Crippen molar-refractivity contribution in [3.63, 3.8) is 0 Å². The first-order chi connectivity index (χ1) is 10.6. The Morgan fingerprint density at radius 2 is 2.14 bits per heavy atom. The van der Waals surface area contributed by atoms with Crippen molar-refractivity contribution in [2.24, 2.45) is 7.05 Å². The Morgan fingerprint density at radius 1 is 1.27 bits per heavy atom. The van der Waals surface area contributed by atoms with Gasteiger partial charge in [-0.2, -0.15) is 10.2 Å². The molecule has 6 nitrogen and oxygen atoms in total. The van der Waals surface area contributed by atoms with E-state index >= 15 is 0 Å². The molecule has 3 rings (SSSR count). The zero-order valence-electron chi connectivity index (χ0n) is 12.5. The third-order valence-electron chi connectivity index (χ3n) is 3.36. The summed E-state index contributed by atoms with van der Waals surface area (Å²) < 4.78 is 3.33. The Kier molecular flexibility index (Phi) is 3.74. The summed E-state index contributed by atoms with van der Waals surface area (Å²) in [5.41, 5.74) is 2.88. The van der Waals surface area contributed by atoms with Crippen LogP contribution in [0.15, 0.2) is 48.8 Å². The Hall–Kier alpha value is -2.89. The maximum absolute atomic E-state index is 12.1. The minimum atomic E-state index is -0.221. The molecule has 2 heterocycles. The van der Waals surface area contributed by atoms with Gasteiger partial charge in [-0.25, -0.2) is 0 Å². The molecule has 2 aromatic heterocycles. The van der Waals surface area contributed by atoms with Crippen LogP contribution in [0.1, 0.15) is 21.6 Å². The molecule has 0 saturated carbocycles.